The van der Waals surface area contributed by atoms with Crippen molar-refractivity contribution < 1.29 is 9.47 Å². The molecule has 0 atom stereocenters. The van der Waals surface area contributed by atoms with Crippen molar-refractivity contribution in [1.82, 2.24) is 0 Å². The van der Waals surface area contributed by atoms with Crippen LogP contribution in [0.1, 0.15) is 55.6 Å². The summed E-state index contributed by atoms with van der Waals surface area (Å²) < 4.78 is 11.0. The average molecular weight is 799 g/mol. The van der Waals surface area contributed by atoms with Crippen LogP contribution in [0.3, 0.4) is 0 Å². The van der Waals surface area contributed by atoms with E-state index in [0.29, 0.717) is 0 Å². The van der Waals surface area contributed by atoms with E-state index in [4.69, 9.17) is 9.47 Å². The van der Waals surface area contributed by atoms with Gasteiger partial charge in [-0.25, -0.2) is 0 Å². The van der Waals surface area contributed by atoms with Crippen molar-refractivity contribution in [3.8, 4) is 11.5 Å². The minimum atomic E-state index is 0.839. The lowest BCUT2D eigenvalue weighted by Gasteiger charge is -2.12. The van der Waals surface area contributed by atoms with Crippen LogP contribution in [0.25, 0.3) is 69.1 Å². The molecule has 0 aliphatic rings. The Hall–Kier alpha value is -7.94. The molecule has 0 saturated carbocycles. The van der Waals surface area contributed by atoms with Crippen LogP contribution in [0.15, 0.2) is 206 Å². The molecule has 0 amide bonds. The number of fused-ring (bicyclic) bond motifs is 2. The Labute approximate surface area is 364 Å². The van der Waals surface area contributed by atoms with Crippen LogP contribution < -0.4 is 9.47 Å². The molecule has 0 aliphatic carbocycles. The summed E-state index contributed by atoms with van der Waals surface area (Å²) in [5, 5.41) is 4.88. The zero-order valence-corrected chi connectivity index (χ0v) is 34.9. The Morgan fingerprint density at radius 1 is 0.306 bits per heavy atom. The molecule has 0 aliphatic heterocycles. The number of benzene rings is 9. The van der Waals surface area contributed by atoms with Crippen LogP contribution in [0.4, 0.5) is 0 Å². The fourth-order valence-electron chi connectivity index (χ4n) is 7.91. The maximum Gasteiger partial charge on any atom is 0.118 e. The van der Waals surface area contributed by atoms with E-state index in [1.807, 2.05) is 24.3 Å². The van der Waals surface area contributed by atoms with Gasteiger partial charge in [0, 0.05) is 0 Å². The SMILES string of the molecule is COc1ccc(/C(=C\c2ccccc2C=Cc2ccc(C=Cc3ccccc3/C=C(\c3ccc(OC)cc3)c3ccc4ccccc4c3)cc2)c2ccc3ccccc3c2)cc1. The highest BCUT2D eigenvalue weighted by molar-refractivity contribution is 5.98. The smallest absolute Gasteiger partial charge is 0.118 e. The first-order valence-corrected chi connectivity index (χ1v) is 21.0. The van der Waals surface area contributed by atoms with Crippen molar-refractivity contribution in [2.45, 2.75) is 0 Å². The number of methoxy groups -OCH3 is 2. The second-order valence-corrected chi connectivity index (χ2v) is 15.3. The summed E-state index contributed by atoms with van der Waals surface area (Å²) in [6.07, 6.45) is 13.4. The van der Waals surface area contributed by atoms with Gasteiger partial charge in [0.2, 0.25) is 0 Å². The molecule has 2 nitrogen and oxygen atoms in total. The number of hydrogen-bond acceptors (Lipinski definition) is 2. The predicted molar refractivity (Wildman–Crippen MR) is 265 cm³/mol. The Kier molecular flexibility index (Phi) is 11.8. The first kappa shape index (κ1) is 39.5. The van der Waals surface area contributed by atoms with Crippen LogP contribution >= 0.6 is 0 Å². The van der Waals surface area contributed by atoms with Crippen LogP contribution in [0.2, 0.25) is 0 Å². The summed E-state index contributed by atoms with van der Waals surface area (Å²) in [6, 6.07) is 72.9. The summed E-state index contributed by atoms with van der Waals surface area (Å²) in [5.41, 5.74) is 13.7. The third kappa shape index (κ3) is 9.11. The molecule has 9 rings (SSSR count). The van der Waals surface area contributed by atoms with E-state index in [1.165, 1.54) is 21.5 Å². The fraction of sp³-hybridized carbons (Fsp3) is 0.0333. The number of hydrogen-bond donors (Lipinski definition) is 0. The second-order valence-electron chi connectivity index (χ2n) is 15.3. The molecule has 9 aromatic rings. The molecule has 0 radical (unpaired) electrons. The number of rotatable bonds is 12. The maximum absolute atomic E-state index is 5.49. The van der Waals surface area contributed by atoms with Crippen molar-refractivity contribution in [1.29, 1.82) is 0 Å². The van der Waals surface area contributed by atoms with E-state index in [1.54, 1.807) is 14.2 Å². The van der Waals surface area contributed by atoms with Gasteiger partial charge in [-0.2, -0.15) is 0 Å². The van der Waals surface area contributed by atoms with Crippen molar-refractivity contribution in [2.24, 2.45) is 0 Å². The third-order valence-corrected chi connectivity index (χ3v) is 11.4. The average Bonchev–Trinajstić information content (AvgIpc) is 3.34. The minimum Gasteiger partial charge on any atom is -0.497 e. The second kappa shape index (κ2) is 18.5. The van der Waals surface area contributed by atoms with Crippen molar-refractivity contribution in [2.75, 3.05) is 14.2 Å². The molecule has 0 fully saturated rings. The Morgan fingerprint density at radius 2 is 0.645 bits per heavy atom. The number of ether oxygens (including phenoxy) is 2. The molecule has 0 spiro atoms. The van der Waals surface area contributed by atoms with E-state index < -0.39 is 0 Å². The van der Waals surface area contributed by atoms with Crippen molar-refractivity contribution in [3.63, 3.8) is 0 Å². The molecule has 0 N–H and O–H groups in total. The predicted octanol–water partition coefficient (Wildman–Crippen LogP) is 15.5. The van der Waals surface area contributed by atoms with Gasteiger partial charge in [0.25, 0.3) is 0 Å². The minimum absolute atomic E-state index is 0.839. The summed E-state index contributed by atoms with van der Waals surface area (Å²) >= 11 is 0. The molecule has 0 saturated heterocycles. The van der Waals surface area contributed by atoms with E-state index >= 15 is 0 Å². The quantitative estimate of drug-likeness (QED) is 0.115. The molecule has 0 unspecified atom stereocenters. The van der Waals surface area contributed by atoms with Crippen LogP contribution in [-0.4, -0.2) is 14.2 Å². The lowest BCUT2D eigenvalue weighted by atomic mass is 9.92. The zero-order valence-electron chi connectivity index (χ0n) is 34.9. The van der Waals surface area contributed by atoms with Gasteiger partial charge in [-0.1, -0.05) is 194 Å². The lowest BCUT2D eigenvalue weighted by molar-refractivity contribution is 0.414. The van der Waals surface area contributed by atoms with Gasteiger partial charge < -0.3 is 9.47 Å². The van der Waals surface area contributed by atoms with Gasteiger partial charge in [0.1, 0.15) is 11.5 Å². The summed E-state index contributed by atoms with van der Waals surface area (Å²) in [7, 11) is 3.41. The molecular weight excluding hydrogens is 753 g/mol. The normalized spacial score (nSPS) is 12.1. The van der Waals surface area contributed by atoms with Crippen molar-refractivity contribution >= 4 is 69.1 Å². The van der Waals surface area contributed by atoms with Gasteiger partial charge in [0.05, 0.1) is 14.2 Å². The molecule has 2 heteroatoms. The molecular formula is C60H46O2. The Bertz CT molecular complexity index is 2890. The fourth-order valence-corrected chi connectivity index (χ4v) is 7.91. The highest BCUT2D eigenvalue weighted by Crippen LogP contribution is 2.33. The van der Waals surface area contributed by atoms with E-state index in [9.17, 15) is 0 Å². The van der Waals surface area contributed by atoms with E-state index in [2.05, 4.69) is 218 Å². The molecule has 0 heterocycles. The monoisotopic (exact) mass is 798 g/mol. The van der Waals surface area contributed by atoms with Crippen LogP contribution in [0.5, 0.6) is 11.5 Å². The molecule has 0 aromatic heterocycles. The standard InChI is InChI=1S/C60H46O2/c1-61-57-35-31-49(32-36-57)59(55-29-27-47-13-3-7-15-51(47)39-55)41-53-17-9-5-11-45(53)25-23-43-19-21-44(22-20-43)24-26-46-12-6-10-18-54(46)42-60(50-33-37-58(62-2)38-34-50)56-30-28-48-14-4-8-16-52(48)40-56/h3-42H,1-2H3/b25-23?,26-24?,59-41+,60-42+. The Balaban J connectivity index is 0.984. The highest BCUT2D eigenvalue weighted by atomic mass is 16.5. The summed E-state index contributed by atoms with van der Waals surface area (Å²) in [5.74, 6) is 1.68. The largest absolute Gasteiger partial charge is 0.497 e. The Morgan fingerprint density at radius 3 is 1.03 bits per heavy atom. The van der Waals surface area contributed by atoms with Crippen molar-refractivity contribution in [3.05, 3.63) is 262 Å². The van der Waals surface area contributed by atoms with E-state index in [-0.39, 0.29) is 0 Å². The van der Waals surface area contributed by atoms with E-state index in [0.717, 1.165) is 78.3 Å². The molecule has 0 bridgehead atoms. The maximum atomic E-state index is 5.49. The zero-order chi connectivity index (χ0) is 42.1. The highest BCUT2D eigenvalue weighted by Gasteiger charge is 2.11. The molecule has 62 heavy (non-hydrogen) atoms. The summed E-state index contributed by atoms with van der Waals surface area (Å²) in [6.45, 7) is 0. The third-order valence-electron chi connectivity index (χ3n) is 11.4. The summed E-state index contributed by atoms with van der Waals surface area (Å²) in [4.78, 5) is 0. The van der Waals surface area contributed by atoms with Gasteiger partial charge in [-0.3, -0.25) is 0 Å². The molecule has 9 aromatic carbocycles. The van der Waals surface area contributed by atoms with Gasteiger partial charge in [0.15, 0.2) is 0 Å². The first-order chi connectivity index (χ1) is 30.6. The van der Waals surface area contributed by atoms with Crippen LogP contribution in [-0.2, 0) is 0 Å². The molecule has 298 valence electrons. The van der Waals surface area contributed by atoms with Crippen LogP contribution in [0, 0.1) is 0 Å². The first-order valence-electron chi connectivity index (χ1n) is 21.0. The van der Waals surface area contributed by atoms with Gasteiger partial charge in [-0.15, -0.1) is 0 Å². The topological polar surface area (TPSA) is 18.5 Å². The van der Waals surface area contributed by atoms with Gasteiger partial charge >= 0.3 is 0 Å². The van der Waals surface area contributed by atoms with Gasteiger partial charge in [-0.05, 0) is 137 Å². The lowest BCUT2D eigenvalue weighted by Crippen LogP contribution is -1.91.